The maximum Gasteiger partial charge on any atom is 0.123 e. The van der Waals surface area contributed by atoms with E-state index >= 15 is 0 Å². The molecular weight excluding hydrogens is 285 g/mol. The van der Waals surface area contributed by atoms with E-state index in [1.807, 2.05) is 0 Å². The summed E-state index contributed by atoms with van der Waals surface area (Å²) < 4.78 is 0. The predicted molar refractivity (Wildman–Crippen MR) is 65.5 cm³/mol. The summed E-state index contributed by atoms with van der Waals surface area (Å²) in [6, 6.07) is 7.81. The van der Waals surface area contributed by atoms with Crippen LogP contribution in [0.1, 0.15) is 48.3 Å². The third-order valence-corrected chi connectivity index (χ3v) is 3.60. The second kappa shape index (κ2) is 6.80. The van der Waals surface area contributed by atoms with Crippen molar-refractivity contribution in [3.8, 4) is 0 Å². The fraction of sp³-hybridized carbons (Fsp3) is 0.533. The summed E-state index contributed by atoms with van der Waals surface area (Å²) >= 11 is 0. The summed E-state index contributed by atoms with van der Waals surface area (Å²) in [5.74, 6) is 0.969. The first-order valence-electron chi connectivity index (χ1n) is 6.15. The van der Waals surface area contributed by atoms with Crippen LogP contribution in [0.2, 0.25) is 0 Å². The molecule has 1 aliphatic carbocycles. The van der Waals surface area contributed by atoms with Gasteiger partial charge in [-0.3, -0.25) is 0 Å². The minimum absolute atomic E-state index is 0. The Morgan fingerprint density at radius 2 is 1.65 bits per heavy atom. The minimum atomic E-state index is 0. The van der Waals surface area contributed by atoms with Crippen LogP contribution in [0.3, 0.4) is 0 Å². The molecule has 0 bridgehead atoms. The van der Waals surface area contributed by atoms with Gasteiger partial charge in [-0.1, -0.05) is 13.8 Å². The van der Waals surface area contributed by atoms with Gasteiger partial charge in [0.05, 0.1) is 0 Å². The monoisotopic (exact) mass is 304 g/mol. The van der Waals surface area contributed by atoms with E-state index in [4.69, 9.17) is 0 Å². The first kappa shape index (κ1) is 15.1. The van der Waals surface area contributed by atoms with Gasteiger partial charge in [-0.25, -0.2) is 0 Å². The summed E-state index contributed by atoms with van der Waals surface area (Å²) in [5.41, 5.74) is 3.90. The van der Waals surface area contributed by atoms with Crippen molar-refractivity contribution in [2.45, 2.75) is 45.4 Å². The number of hydrogen-bond acceptors (Lipinski definition) is 1. The van der Waals surface area contributed by atoms with Crippen LogP contribution in [0, 0.1) is 25.8 Å². The molecule has 1 aliphatic rings. The molecule has 17 heavy (non-hydrogen) atoms. The van der Waals surface area contributed by atoms with Crippen molar-refractivity contribution in [2.75, 3.05) is 0 Å². The smallest absolute Gasteiger partial charge is 0.123 e. The number of aryl methyl sites for hydroxylation is 2. The molecule has 0 unspecified atom stereocenters. The molecule has 0 atom stereocenters. The van der Waals surface area contributed by atoms with Gasteiger partial charge in [0.1, 0.15) is 6.29 Å². The summed E-state index contributed by atoms with van der Waals surface area (Å²) in [5, 5.41) is 0. The SMILES string of the molecule is Cc1[c-]c(C)cc(C2CCC(C=O)CC2)c1.[Y]. The van der Waals surface area contributed by atoms with Crippen LogP contribution in [0.4, 0.5) is 0 Å². The number of aldehydes is 1. The van der Waals surface area contributed by atoms with Gasteiger partial charge in [-0.05, 0) is 31.6 Å². The molecule has 0 amide bonds. The van der Waals surface area contributed by atoms with Gasteiger partial charge in [0.15, 0.2) is 0 Å². The second-order valence-corrected chi connectivity index (χ2v) is 5.03. The van der Waals surface area contributed by atoms with E-state index in [9.17, 15) is 4.79 Å². The Morgan fingerprint density at radius 1 is 1.12 bits per heavy atom. The zero-order valence-corrected chi connectivity index (χ0v) is 13.5. The van der Waals surface area contributed by atoms with Crippen molar-refractivity contribution in [3.05, 3.63) is 34.9 Å². The van der Waals surface area contributed by atoms with Crippen molar-refractivity contribution < 1.29 is 37.5 Å². The van der Waals surface area contributed by atoms with E-state index in [1.54, 1.807) is 0 Å². The van der Waals surface area contributed by atoms with Crippen LogP contribution in [-0.4, -0.2) is 6.29 Å². The quantitative estimate of drug-likeness (QED) is 0.603. The van der Waals surface area contributed by atoms with Crippen LogP contribution in [0.15, 0.2) is 12.1 Å². The molecule has 0 aliphatic heterocycles. The molecule has 89 valence electrons. The predicted octanol–water partition coefficient (Wildman–Crippen LogP) is 3.57. The van der Waals surface area contributed by atoms with Crippen LogP contribution >= 0.6 is 0 Å². The normalized spacial score (nSPS) is 23.9. The third-order valence-electron chi connectivity index (χ3n) is 3.60. The molecule has 2 rings (SSSR count). The van der Waals surface area contributed by atoms with Crippen LogP contribution in [-0.2, 0) is 37.5 Å². The van der Waals surface area contributed by atoms with Gasteiger partial charge >= 0.3 is 0 Å². The Hall–Kier alpha value is -0.00610. The molecule has 1 nitrogen and oxygen atoms in total. The molecule has 1 saturated carbocycles. The standard InChI is InChI=1S/C15H19O.Y/c1-11-7-12(2)9-15(8-11)14-5-3-13(10-16)4-6-14;/h8-10,13-14H,3-6H2,1-2H3;/q-1;. The fourth-order valence-electron chi connectivity index (χ4n) is 2.75. The van der Waals surface area contributed by atoms with Crippen LogP contribution in [0.25, 0.3) is 0 Å². The Balaban J connectivity index is 0.00000144. The number of benzene rings is 1. The summed E-state index contributed by atoms with van der Waals surface area (Å²) in [7, 11) is 0. The molecule has 2 heteroatoms. The van der Waals surface area contributed by atoms with E-state index in [0.29, 0.717) is 11.8 Å². The Kier molecular flexibility index (Phi) is 6.02. The molecule has 1 aromatic carbocycles. The van der Waals surface area contributed by atoms with E-state index in [-0.39, 0.29) is 32.7 Å². The first-order valence-corrected chi connectivity index (χ1v) is 6.15. The van der Waals surface area contributed by atoms with Crippen molar-refractivity contribution in [1.82, 2.24) is 0 Å². The van der Waals surface area contributed by atoms with Gasteiger partial charge in [-0.15, -0.1) is 0 Å². The van der Waals surface area contributed by atoms with Crippen LogP contribution in [0.5, 0.6) is 0 Å². The van der Waals surface area contributed by atoms with Gasteiger partial charge in [0.2, 0.25) is 0 Å². The summed E-state index contributed by atoms with van der Waals surface area (Å²) in [6.07, 6.45) is 5.57. The maximum atomic E-state index is 10.7. The van der Waals surface area contributed by atoms with Gasteiger partial charge < -0.3 is 4.79 Å². The molecule has 0 saturated heterocycles. The number of hydrogen-bond donors (Lipinski definition) is 0. The average Bonchev–Trinajstić information content (AvgIpc) is 2.28. The molecule has 1 aromatic rings. The topological polar surface area (TPSA) is 17.1 Å². The van der Waals surface area contributed by atoms with Crippen molar-refractivity contribution >= 4 is 6.29 Å². The van der Waals surface area contributed by atoms with Gasteiger partial charge in [0, 0.05) is 38.6 Å². The maximum absolute atomic E-state index is 10.7. The molecule has 1 radical (unpaired) electrons. The molecule has 0 heterocycles. The Bertz CT molecular complexity index is 358. The third kappa shape index (κ3) is 4.00. The van der Waals surface area contributed by atoms with Crippen molar-refractivity contribution in [3.63, 3.8) is 0 Å². The summed E-state index contributed by atoms with van der Waals surface area (Å²) in [4.78, 5) is 10.7. The molecule has 0 aromatic heterocycles. The minimum Gasteiger partial charge on any atom is -0.303 e. The van der Waals surface area contributed by atoms with E-state index in [1.165, 1.54) is 16.7 Å². The number of rotatable bonds is 2. The van der Waals surface area contributed by atoms with Gasteiger partial charge in [0.25, 0.3) is 0 Å². The zero-order chi connectivity index (χ0) is 11.5. The first-order chi connectivity index (χ1) is 7.69. The van der Waals surface area contributed by atoms with E-state index in [2.05, 4.69) is 32.0 Å². The van der Waals surface area contributed by atoms with Crippen LogP contribution < -0.4 is 0 Å². The molecular formula is C15H19OY-. The van der Waals surface area contributed by atoms with Crippen molar-refractivity contribution in [1.29, 1.82) is 0 Å². The second-order valence-electron chi connectivity index (χ2n) is 5.03. The Morgan fingerprint density at radius 3 is 2.12 bits per heavy atom. The largest absolute Gasteiger partial charge is 0.303 e. The fourth-order valence-corrected chi connectivity index (χ4v) is 2.75. The summed E-state index contributed by atoms with van der Waals surface area (Å²) in [6.45, 7) is 4.21. The molecule has 1 fully saturated rings. The van der Waals surface area contributed by atoms with Crippen molar-refractivity contribution in [2.24, 2.45) is 5.92 Å². The Labute approximate surface area is 129 Å². The number of carbonyl (C=O) groups excluding carboxylic acids is 1. The molecule has 0 spiro atoms. The van der Waals surface area contributed by atoms with E-state index in [0.717, 1.165) is 32.0 Å². The molecule has 0 N–H and O–H groups in total. The average molecular weight is 304 g/mol. The van der Waals surface area contributed by atoms with E-state index < -0.39 is 0 Å². The number of carbonyl (C=O) groups is 1. The van der Waals surface area contributed by atoms with Gasteiger partial charge in [-0.2, -0.15) is 34.9 Å². The zero-order valence-electron chi connectivity index (χ0n) is 10.7.